The zero-order valence-electron chi connectivity index (χ0n) is 21.7. The van der Waals surface area contributed by atoms with E-state index < -0.39 is 128 Å². The first-order chi connectivity index (χ1) is 18.9. The quantitative estimate of drug-likeness (QED) is 0.0850. The minimum absolute atomic E-state index is 0.531. The topological polar surface area (TPSA) is 254 Å². The van der Waals surface area contributed by atoms with Crippen molar-refractivity contribution < 1.29 is 77.7 Å². The molecule has 0 aromatic rings. The molecule has 0 spiro atoms. The van der Waals surface area contributed by atoms with Gasteiger partial charge in [0, 0.05) is 22.3 Å². The van der Waals surface area contributed by atoms with Gasteiger partial charge in [0.2, 0.25) is 0 Å². The Morgan fingerprint density at radius 1 is 0.415 bits per heavy atom. The molecule has 4 N–H and O–H groups in total. The summed E-state index contributed by atoms with van der Waals surface area (Å²) in [6.07, 6.45) is -3.32. The zero-order valence-corrected chi connectivity index (χ0v) is 21.7. The number of carboxylic acid groups (broad SMARTS) is 4. The van der Waals surface area contributed by atoms with E-state index in [9.17, 15) is 38.4 Å². The first-order valence-electron chi connectivity index (χ1n) is 11.2. The molecule has 41 heavy (non-hydrogen) atoms. The van der Waals surface area contributed by atoms with Crippen LogP contribution in [0.3, 0.4) is 0 Å². The predicted molar refractivity (Wildman–Crippen MR) is 132 cm³/mol. The highest BCUT2D eigenvalue weighted by Crippen LogP contribution is 2.24. The molecule has 0 aliphatic carbocycles. The number of rotatable bonds is 20. The largest absolute Gasteiger partial charge is 0.481 e. The van der Waals surface area contributed by atoms with E-state index in [2.05, 4.69) is 26.3 Å². The summed E-state index contributed by atoms with van der Waals surface area (Å²) in [6, 6.07) is 0. The molecule has 0 atom stereocenters. The summed E-state index contributed by atoms with van der Waals surface area (Å²) in [6.45, 7) is 9.36. The van der Waals surface area contributed by atoms with Crippen molar-refractivity contribution >= 4 is 47.8 Å². The molecular formula is C25H28O16. The highest BCUT2D eigenvalue weighted by Gasteiger charge is 2.39. The van der Waals surface area contributed by atoms with Crippen molar-refractivity contribution in [1.82, 2.24) is 0 Å². The molecule has 16 heteroatoms. The minimum Gasteiger partial charge on any atom is -0.481 e. The molecule has 0 unspecified atom stereocenters. The second-order valence-corrected chi connectivity index (χ2v) is 8.50. The van der Waals surface area contributed by atoms with Crippen molar-refractivity contribution in [2.24, 2.45) is 5.41 Å². The van der Waals surface area contributed by atoms with Crippen molar-refractivity contribution in [2.45, 2.75) is 25.7 Å². The molecule has 0 aromatic heterocycles. The van der Waals surface area contributed by atoms with E-state index in [1.54, 1.807) is 0 Å². The maximum atomic E-state index is 12.3. The van der Waals surface area contributed by atoms with Crippen LogP contribution in [-0.4, -0.2) is 94.6 Å². The molecule has 0 amide bonds. The van der Waals surface area contributed by atoms with Crippen LogP contribution in [-0.2, 0) is 57.3 Å². The molecule has 0 fully saturated rings. The van der Waals surface area contributed by atoms with Gasteiger partial charge in [-0.2, -0.15) is 0 Å². The average Bonchev–Trinajstić information content (AvgIpc) is 2.85. The van der Waals surface area contributed by atoms with E-state index in [1.807, 2.05) is 0 Å². The molecule has 16 nitrogen and oxygen atoms in total. The zero-order chi connectivity index (χ0) is 31.9. The summed E-state index contributed by atoms with van der Waals surface area (Å²) in [7, 11) is 0. The van der Waals surface area contributed by atoms with Crippen LogP contribution in [0, 0.1) is 5.41 Å². The molecular weight excluding hydrogens is 556 g/mol. The van der Waals surface area contributed by atoms with Crippen LogP contribution in [0.25, 0.3) is 0 Å². The number of aliphatic carboxylic acids is 4. The molecule has 0 rings (SSSR count). The maximum absolute atomic E-state index is 12.3. The summed E-state index contributed by atoms with van der Waals surface area (Å²) in [5, 5.41) is 35.4. The summed E-state index contributed by atoms with van der Waals surface area (Å²) in [4.78, 5) is 92.6. The number of carbonyl (C=O) groups is 8. The van der Waals surface area contributed by atoms with Gasteiger partial charge in [-0.15, -0.1) is 0 Å². The van der Waals surface area contributed by atoms with Crippen LogP contribution in [0.5, 0.6) is 0 Å². The fourth-order valence-corrected chi connectivity index (χ4v) is 2.55. The fourth-order valence-electron chi connectivity index (χ4n) is 2.55. The van der Waals surface area contributed by atoms with E-state index >= 15 is 0 Å². The lowest BCUT2D eigenvalue weighted by Crippen LogP contribution is -2.44. The third kappa shape index (κ3) is 14.4. The van der Waals surface area contributed by atoms with Gasteiger partial charge in [0.05, 0.1) is 25.7 Å². The Bertz CT molecular complexity index is 977. The molecule has 0 aromatic carbocycles. The van der Waals surface area contributed by atoms with Gasteiger partial charge in [-0.3, -0.25) is 19.2 Å². The van der Waals surface area contributed by atoms with Crippen LogP contribution in [0.4, 0.5) is 0 Å². The number of hydrogen-bond acceptors (Lipinski definition) is 12. The van der Waals surface area contributed by atoms with Crippen molar-refractivity contribution in [3.8, 4) is 0 Å². The molecule has 0 radical (unpaired) electrons. The van der Waals surface area contributed by atoms with Crippen LogP contribution in [0.2, 0.25) is 0 Å². The summed E-state index contributed by atoms with van der Waals surface area (Å²) in [5.41, 5.74) is -4.13. The third-order valence-corrected chi connectivity index (χ3v) is 4.65. The van der Waals surface area contributed by atoms with Crippen LogP contribution >= 0.6 is 0 Å². The van der Waals surface area contributed by atoms with Crippen molar-refractivity contribution in [1.29, 1.82) is 0 Å². The van der Waals surface area contributed by atoms with Gasteiger partial charge in [-0.25, -0.2) is 19.2 Å². The summed E-state index contributed by atoms with van der Waals surface area (Å²) >= 11 is 0. The predicted octanol–water partition coefficient (Wildman–Crippen LogP) is 0.269. The van der Waals surface area contributed by atoms with Gasteiger partial charge >= 0.3 is 47.8 Å². The maximum Gasteiger partial charge on any atom is 0.334 e. The summed E-state index contributed by atoms with van der Waals surface area (Å²) in [5.74, 6) is -10.8. The number of hydrogen-bond donors (Lipinski definition) is 4. The first kappa shape index (κ1) is 35.7. The highest BCUT2D eigenvalue weighted by atomic mass is 16.6. The molecule has 0 saturated heterocycles. The Morgan fingerprint density at radius 3 is 0.732 bits per heavy atom. The lowest BCUT2D eigenvalue weighted by atomic mass is 9.92. The Morgan fingerprint density at radius 2 is 0.585 bits per heavy atom. The average molecular weight is 584 g/mol. The Balaban J connectivity index is 6.22. The molecule has 0 heterocycles. The second kappa shape index (κ2) is 16.6. The van der Waals surface area contributed by atoms with E-state index in [4.69, 9.17) is 39.4 Å². The van der Waals surface area contributed by atoms with Gasteiger partial charge in [-0.1, -0.05) is 26.3 Å². The second-order valence-electron chi connectivity index (χ2n) is 8.50. The van der Waals surface area contributed by atoms with E-state index in [1.165, 1.54) is 0 Å². The molecule has 0 saturated carbocycles. The normalized spacial score (nSPS) is 10.3. The lowest BCUT2D eigenvalue weighted by Gasteiger charge is -2.32. The molecule has 224 valence electrons. The van der Waals surface area contributed by atoms with E-state index in [0.29, 0.717) is 0 Å². The number of carboxylic acids is 4. The Kier molecular flexibility index (Phi) is 14.5. The monoisotopic (exact) mass is 584 g/mol. The molecule has 0 aliphatic heterocycles. The lowest BCUT2D eigenvalue weighted by molar-refractivity contribution is -0.167. The first-order valence-corrected chi connectivity index (χ1v) is 11.2. The van der Waals surface area contributed by atoms with Gasteiger partial charge in [0.25, 0.3) is 0 Å². The SMILES string of the molecule is C=C(CC(=O)O)C(=O)OCC(COC(=O)C(=C)CC(=O)O)(COC(=O)C(=C)CC(=O)O)COC(=O)C(=C)CC(=O)O. The summed E-state index contributed by atoms with van der Waals surface area (Å²) < 4.78 is 20.1. The van der Waals surface area contributed by atoms with Crippen LogP contribution < -0.4 is 0 Å². The van der Waals surface area contributed by atoms with Gasteiger partial charge in [-0.05, 0) is 0 Å². The highest BCUT2D eigenvalue weighted by molar-refractivity contribution is 5.94. The number of ether oxygens (including phenoxy) is 4. The molecule has 0 aliphatic rings. The van der Waals surface area contributed by atoms with Crippen LogP contribution in [0.15, 0.2) is 48.6 Å². The number of esters is 4. The van der Waals surface area contributed by atoms with Gasteiger partial charge in [0.15, 0.2) is 0 Å². The number of carbonyl (C=O) groups excluding carboxylic acids is 4. The third-order valence-electron chi connectivity index (χ3n) is 4.65. The van der Waals surface area contributed by atoms with Crippen molar-refractivity contribution in [3.05, 3.63) is 48.6 Å². The van der Waals surface area contributed by atoms with Gasteiger partial charge < -0.3 is 39.4 Å². The molecule has 0 bridgehead atoms. The van der Waals surface area contributed by atoms with Crippen molar-refractivity contribution in [3.63, 3.8) is 0 Å². The van der Waals surface area contributed by atoms with Crippen LogP contribution in [0.1, 0.15) is 25.7 Å². The van der Waals surface area contributed by atoms with E-state index in [-0.39, 0.29) is 0 Å². The Labute approximate surface area is 232 Å². The standard InChI is InChI=1S/C25H28O16/c1-13(5-17(26)27)21(34)38-9-25(10-39-22(35)14(2)6-18(28)29,11-40-23(36)15(3)7-19(30)31)12-41-24(37)16(4)8-20(32)33/h1-12H2,(H,26,27)(H,28,29)(H,30,31)(H,32,33). The van der Waals surface area contributed by atoms with Gasteiger partial charge in [0.1, 0.15) is 31.8 Å². The Hall–Kier alpha value is -5.28. The fraction of sp³-hybridized carbons (Fsp3) is 0.360. The van der Waals surface area contributed by atoms with E-state index in [0.717, 1.165) is 0 Å². The minimum atomic E-state index is -2.00. The van der Waals surface area contributed by atoms with Crippen molar-refractivity contribution in [2.75, 3.05) is 26.4 Å². The smallest absolute Gasteiger partial charge is 0.334 e.